The van der Waals surface area contributed by atoms with Gasteiger partial charge >= 0.3 is 7.12 Å². The molecule has 0 unspecified atom stereocenters. The number of imide groups is 2. The number of anilines is 2. The number of phenolic OH excluding ortho intramolecular Hbond substituents is 1. The number of aryl methyl sites for hydroxylation is 2. The Morgan fingerprint density at radius 3 is 2.51 bits per heavy atom. The minimum atomic E-state index is -1.80. The van der Waals surface area contributed by atoms with Crippen LogP contribution >= 0.6 is 22.9 Å². The Morgan fingerprint density at radius 1 is 0.982 bits per heavy atom. The van der Waals surface area contributed by atoms with Crippen LogP contribution in [-0.2, 0) is 26.2 Å². The molecule has 57 heavy (non-hydrogen) atoms. The lowest BCUT2D eigenvalue weighted by Gasteiger charge is -2.49. The first-order valence-corrected chi connectivity index (χ1v) is 20.1. The molecule has 12 nitrogen and oxygen atoms in total. The molecule has 1 saturated carbocycles. The average molecular weight is 805 g/mol. The molecule has 3 aromatic carbocycles. The Labute approximate surface area is 337 Å². The van der Waals surface area contributed by atoms with Gasteiger partial charge in [0, 0.05) is 34.3 Å². The number of rotatable bonds is 7. The fourth-order valence-electron chi connectivity index (χ4n) is 9.92. The zero-order valence-electron chi connectivity index (χ0n) is 31.5. The summed E-state index contributed by atoms with van der Waals surface area (Å²) in [5, 5.41) is 37.9. The minimum Gasteiger partial charge on any atom is -0.504 e. The number of fused-ring (bicyclic) bond motifs is 5. The summed E-state index contributed by atoms with van der Waals surface area (Å²) in [7, 11) is -0.115. The molecule has 2 aromatic heterocycles. The molecule has 5 aromatic rings. The Kier molecular flexibility index (Phi) is 8.78. The number of hydrogen-bond acceptors (Lipinski definition) is 10. The first-order chi connectivity index (χ1) is 27.3. The number of benzene rings is 3. The molecule has 9 rings (SSSR count). The lowest BCUT2D eigenvalue weighted by atomic mass is 9.51. The van der Waals surface area contributed by atoms with Crippen molar-refractivity contribution >= 4 is 80.7 Å². The summed E-state index contributed by atoms with van der Waals surface area (Å²) in [4.78, 5) is 62.0. The van der Waals surface area contributed by atoms with Gasteiger partial charge in [0.25, 0.3) is 0 Å². The molecule has 15 heteroatoms. The summed E-state index contributed by atoms with van der Waals surface area (Å²) in [6, 6.07) is 18.5. The largest absolute Gasteiger partial charge is 0.504 e. The van der Waals surface area contributed by atoms with Gasteiger partial charge in [-0.3, -0.25) is 28.8 Å². The highest BCUT2D eigenvalue weighted by Gasteiger charge is 2.68. The predicted octanol–water partition coefficient (Wildman–Crippen LogP) is 5.48. The van der Waals surface area contributed by atoms with Crippen LogP contribution in [-0.4, -0.2) is 62.3 Å². The van der Waals surface area contributed by atoms with Gasteiger partial charge < -0.3 is 19.9 Å². The fraction of sp³-hybridized carbons (Fsp3) is 0.310. The molecular formula is C42H38BClN4O8S. The number of hydrogen-bond donors (Lipinski definition) is 3. The molecule has 290 valence electrons. The van der Waals surface area contributed by atoms with Gasteiger partial charge in [0.1, 0.15) is 11.5 Å². The van der Waals surface area contributed by atoms with E-state index < -0.39 is 65.8 Å². The van der Waals surface area contributed by atoms with E-state index in [1.54, 1.807) is 68.6 Å². The van der Waals surface area contributed by atoms with Crippen molar-refractivity contribution in [3.05, 3.63) is 94.5 Å². The van der Waals surface area contributed by atoms with Crippen LogP contribution in [0.3, 0.4) is 0 Å². The maximum atomic E-state index is 15.2. The average Bonchev–Trinajstić information content (AvgIpc) is 3.86. The SMILES string of the molecule is CCOc1cccc([C@H]2C3=CC[C@@H]4C(=O)N(c5cccc(B(O)O)c5)C(=O)[C@@H]4[C@@H]3C[C@H]3C(=O)N(c4cc(-c5sc6ccc(Cl)cc6c5C)nn4C)C(=O)[C@@]23C)c1O. The molecule has 0 bridgehead atoms. The van der Waals surface area contributed by atoms with Crippen molar-refractivity contribution in [3.63, 3.8) is 0 Å². The van der Waals surface area contributed by atoms with E-state index in [4.69, 9.17) is 21.4 Å². The van der Waals surface area contributed by atoms with Crippen LogP contribution in [0, 0.1) is 36.0 Å². The number of para-hydroxylation sites is 1. The summed E-state index contributed by atoms with van der Waals surface area (Å²) in [6.07, 6.45) is 2.21. The molecule has 0 spiro atoms. The standard InChI is InChI=1S/C42H38BClN4O8S/c1-5-56-31-11-7-10-26(36(31)49)35-24-13-14-25-34(40(52)47(38(25)50)23-9-6-8-21(16-23)43(54)55)28(24)18-29-39(51)48(41(53)42(29,35)3)33-19-30(45-46(33)4)37-20(2)27-17-22(44)12-15-32(27)57-37/h6-13,15-17,19,25,28-29,34-35,49,54-55H,5,14,18H2,1-4H3/t25-,28+,29-,34-,35+,42+/m0/s1. The number of nitrogens with zero attached hydrogens (tertiary/aromatic N) is 4. The van der Waals surface area contributed by atoms with E-state index in [0.29, 0.717) is 21.9 Å². The second kappa shape index (κ2) is 13.4. The van der Waals surface area contributed by atoms with E-state index in [1.807, 2.05) is 31.2 Å². The molecule has 2 aliphatic carbocycles. The summed E-state index contributed by atoms with van der Waals surface area (Å²) < 4.78 is 8.34. The minimum absolute atomic E-state index is 0.107. The molecule has 0 radical (unpaired) electrons. The third-order valence-corrected chi connectivity index (χ3v) is 14.1. The summed E-state index contributed by atoms with van der Waals surface area (Å²) in [5.41, 5.74) is 1.58. The van der Waals surface area contributed by atoms with Crippen LogP contribution < -0.4 is 20.0 Å². The molecule has 2 aliphatic heterocycles. The van der Waals surface area contributed by atoms with E-state index >= 15 is 4.79 Å². The van der Waals surface area contributed by atoms with E-state index in [2.05, 4.69) is 0 Å². The number of carbonyl (C=O) groups is 4. The number of allylic oxidation sites excluding steroid dienone is 2. The zero-order valence-corrected chi connectivity index (χ0v) is 33.0. The molecule has 2 saturated heterocycles. The molecule has 3 N–H and O–H groups in total. The van der Waals surface area contributed by atoms with Gasteiger partial charge in [-0.2, -0.15) is 5.10 Å². The van der Waals surface area contributed by atoms with E-state index in [-0.39, 0.29) is 47.9 Å². The fourth-order valence-corrected chi connectivity index (χ4v) is 11.2. The lowest BCUT2D eigenvalue weighted by molar-refractivity contribution is -0.131. The van der Waals surface area contributed by atoms with Crippen molar-refractivity contribution < 1.29 is 39.1 Å². The highest BCUT2D eigenvalue weighted by Crippen LogP contribution is 2.65. The molecular weight excluding hydrogens is 767 g/mol. The normalized spacial score (nSPS) is 25.5. The Bertz CT molecular complexity index is 2600. The third-order valence-electron chi connectivity index (χ3n) is 12.6. The Morgan fingerprint density at radius 2 is 1.75 bits per heavy atom. The first-order valence-electron chi connectivity index (χ1n) is 18.9. The van der Waals surface area contributed by atoms with Crippen LogP contribution in [0.2, 0.25) is 5.02 Å². The molecule has 4 aliphatic rings. The Hall–Kier alpha value is -5.28. The van der Waals surface area contributed by atoms with Crippen molar-refractivity contribution in [2.75, 3.05) is 16.4 Å². The van der Waals surface area contributed by atoms with Crippen molar-refractivity contribution in [2.45, 2.75) is 39.5 Å². The third kappa shape index (κ3) is 5.37. The zero-order chi connectivity index (χ0) is 40.2. The van der Waals surface area contributed by atoms with Gasteiger partial charge in [-0.25, -0.2) is 4.90 Å². The van der Waals surface area contributed by atoms with Crippen LogP contribution in [0.15, 0.2) is 78.4 Å². The van der Waals surface area contributed by atoms with Crippen LogP contribution in [0.25, 0.3) is 20.7 Å². The molecule has 3 fully saturated rings. The molecule has 4 heterocycles. The van der Waals surface area contributed by atoms with Crippen LogP contribution in [0.4, 0.5) is 11.5 Å². The molecule has 6 atom stereocenters. The van der Waals surface area contributed by atoms with E-state index in [1.165, 1.54) is 21.7 Å². The van der Waals surface area contributed by atoms with Gasteiger partial charge in [0.2, 0.25) is 23.6 Å². The second-order valence-electron chi connectivity index (χ2n) is 15.5. The van der Waals surface area contributed by atoms with Crippen LogP contribution in [0.1, 0.15) is 43.7 Å². The van der Waals surface area contributed by atoms with Crippen molar-refractivity contribution in [1.82, 2.24) is 9.78 Å². The van der Waals surface area contributed by atoms with Crippen molar-refractivity contribution in [3.8, 4) is 22.1 Å². The second-order valence-corrected chi connectivity index (χ2v) is 17.0. The van der Waals surface area contributed by atoms with Gasteiger partial charge in [-0.15, -0.1) is 11.3 Å². The summed E-state index contributed by atoms with van der Waals surface area (Å²) in [5.74, 6) is -5.52. The predicted molar refractivity (Wildman–Crippen MR) is 216 cm³/mol. The van der Waals surface area contributed by atoms with Crippen LogP contribution in [0.5, 0.6) is 11.5 Å². The quantitative estimate of drug-likeness (QED) is 0.110. The maximum Gasteiger partial charge on any atom is 0.488 e. The summed E-state index contributed by atoms with van der Waals surface area (Å²) in [6.45, 7) is 5.82. The number of amides is 4. The number of phenols is 1. The van der Waals surface area contributed by atoms with Gasteiger partial charge in [0.15, 0.2) is 11.5 Å². The molecule has 4 amide bonds. The van der Waals surface area contributed by atoms with Gasteiger partial charge in [0.05, 0.1) is 40.3 Å². The van der Waals surface area contributed by atoms with Gasteiger partial charge in [-0.05, 0) is 92.3 Å². The van der Waals surface area contributed by atoms with Crippen molar-refractivity contribution in [1.29, 1.82) is 0 Å². The first kappa shape index (κ1) is 37.3. The Balaban J connectivity index is 1.16. The van der Waals surface area contributed by atoms with Gasteiger partial charge in [-0.1, -0.05) is 47.5 Å². The van der Waals surface area contributed by atoms with E-state index in [9.17, 15) is 29.5 Å². The topological polar surface area (TPSA) is 162 Å². The summed E-state index contributed by atoms with van der Waals surface area (Å²) >= 11 is 7.86. The maximum absolute atomic E-state index is 15.2. The highest BCUT2D eigenvalue weighted by molar-refractivity contribution is 7.22. The number of thiophene rings is 1. The number of aromatic hydroxyl groups is 1. The number of halogens is 1. The number of ether oxygens (including phenoxy) is 1. The smallest absolute Gasteiger partial charge is 0.488 e. The number of aromatic nitrogens is 2. The highest BCUT2D eigenvalue weighted by atomic mass is 35.5. The lowest BCUT2D eigenvalue weighted by Crippen LogP contribution is -2.49. The van der Waals surface area contributed by atoms with E-state index in [0.717, 1.165) is 25.4 Å². The monoisotopic (exact) mass is 804 g/mol. The van der Waals surface area contributed by atoms with Crippen molar-refractivity contribution in [2.24, 2.45) is 36.1 Å². The number of carbonyl (C=O) groups excluding carboxylic acids is 4.